The van der Waals surface area contributed by atoms with E-state index in [0.29, 0.717) is 22.9 Å². The van der Waals surface area contributed by atoms with E-state index in [1.54, 1.807) is 30.3 Å². The van der Waals surface area contributed by atoms with Crippen molar-refractivity contribution in [2.24, 2.45) is 5.92 Å². The highest BCUT2D eigenvalue weighted by Gasteiger charge is 2.36. The lowest BCUT2D eigenvalue weighted by Crippen LogP contribution is -2.28. The fourth-order valence-corrected chi connectivity index (χ4v) is 3.40. The number of methoxy groups -OCH3 is 4. The Labute approximate surface area is 179 Å². The number of hydrogen-bond donors (Lipinski definition) is 1. The third-order valence-corrected chi connectivity index (χ3v) is 5.06. The first-order chi connectivity index (χ1) is 14.9. The normalized spacial score (nSPS) is 15.4. The zero-order valence-electron chi connectivity index (χ0n) is 17.8. The van der Waals surface area contributed by atoms with Crippen LogP contribution in [0.25, 0.3) is 0 Å². The minimum absolute atomic E-state index is 0.0455. The van der Waals surface area contributed by atoms with E-state index in [1.807, 2.05) is 0 Å². The van der Waals surface area contributed by atoms with E-state index in [0.717, 1.165) is 0 Å². The Morgan fingerprint density at radius 1 is 0.968 bits per heavy atom. The molecule has 2 aromatic rings. The molecule has 0 saturated carbocycles. The monoisotopic (exact) mass is 428 g/mol. The van der Waals surface area contributed by atoms with Crippen molar-refractivity contribution < 1.29 is 33.3 Å². The highest BCUT2D eigenvalue weighted by molar-refractivity contribution is 6.06. The fraction of sp³-hybridized carbons (Fsp3) is 0.318. The lowest BCUT2D eigenvalue weighted by Gasteiger charge is -2.19. The van der Waals surface area contributed by atoms with Crippen LogP contribution in [0, 0.1) is 5.92 Å². The molecular formula is C22H24N2O7. The van der Waals surface area contributed by atoms with Gasteiger partial charge in [0.25, 0.3) is 0 Å². The maximum Gasteiger partial charge on any atom is 0.340 e. The maximum atomic E-state index is 12.9. The maximum absolute atomic E-state index is 12.9. The molecule has 0 spiro atoms. The van der Waals surface area contributed by atoms with E-state index < -0.39 is 11.9 Å². The van der Waals surface area contributed by atoms with Crippen molar-refractivity contribution in [1.29, 1.82) is 0 Å². The topological polar surface area (TPSA) is 103 Å². The van der Waals surface area contributed by atoms with Gasteiger partial charge in [-0.05, 0) is 30.3 Å². The summed E-state index contributed by atoms with van der Waals surface area (Å²) in [5, 5.41) is 2.73. The Hall–Kier alpha value is -3.75. The van der Waals surface area contributed by atoms with Crippen LogP contribution in [-0.4, -0.2) is 52.8 Å². The summed E-state index contributed by atoms with van der Waals surface area (Å²) in [5.74, 6) is -0.267. The van der Waals surface area contributed by atoms with Crippen molar-refractivity contribution in [3.05, 3.63) is 42.0 Å². The lowest BCUT2D eigenvalue weighted by atomic mass is 10.1. The molecule has 31 heavy (non-hydrogen) atoms. The third-order valence-electron chi connectivity index (χ3n) is 5.06. The predicted octanol–water partition coefficient (Wildman–Crippen LogP) is 2.49. The van der Waals surface area contributed by atoms with Gasteiger partial charge in [-0.2, -0.15) is 0 Å². The Balaban J connectivity index is 1.78. The van der Waals surface area contributed by atoms with Gasteiger partial charge in [-0.15, -0.1) is 0 Å². The van der Waals surface area contributed by atoms with Crippen molar-refractivity contribution in [2.75, 3.05) is 45.2 Å². The number of esters is 1. The number of nitrogens with one attached hydrogen (secondary N) is 1. The van der Waals surface area contributed by atoms with Gasteiger partial charge in [-0.1, -0.05) is 0 Å². The molecule has 1 atom stereocenters. The van der Waals surface area contributed by atoms with Crippen molar-refractivity contribution >= 4 is 29.2 Å². The smallest absolute Gasteiger partial charge is 0.340 e. The average molecular weight is 428 g/mol. The molecule has 1 N–H and O–H groups in total. The molecule has 164 valence electrons. The quantitative estimate of drug-likeness (QED) is 0.676. The van der Waals surface area contributed by atoms with Crippen LogP contribution in [0.3, 0.4) is 0 Å². The van der Waals surface area contributed by atoms with Crippen molar-refractivity contribution in [3.8, 4) is 17.2 Å². The Kier molecular flexibility index (Phi) is 6.64. The minimum atomic E-state index is -0.608. The van der Waals surface area contributed by atoms with Gasteiger partial charge >= 0.3 is 5.97 Å². The summed E-state index contributed by atoms with van der Waals surface area (Å²) >= 11 is 0. The summed E-state index contributed by atoms with van der Waals surface area (Å²) in [5.41, 5.74) is 1.06. The molecule has 0 radical (unpaired) electrons. The Morgan fingerprint density at radius 3 is 2.35 bits per heavy atom. The van der Waals surface area contributed by atoms with Crippen LogP contribution < -0.4 is 24.4 Å². The standard InChI is InChI=1S/C22H24N2O7/c1-28-15-6-7-17(16(11-15)22(27)31-4)23-21(26)13-9-20(25)24(12-13)14-5-8-18(29-2)19(10-14)30-3/h5-8,10-11,13H,9,12H2,1-4H3,(H,23,26). The molecule has 9 heteroatoms. The van der Waals surface area contributed by atoms with E-state index in [9.17, 15) is 14.4 Å². The summed E-state index contributed by atoms with van der Waals surface area (Å²) < 4.78 is 20.4. The molecule has 2 amide bonds. The second kappa shape index (κ2) is 9.38. The van der Waals surface area contributed by atoms with Crippen LogP contribution in [0.15, 0.2) is 36.4 Å². The zero-order chi connectivity index (χ0) is 22.5. The highest BCUT2D eigenvalue weighted by atomic mass is 16.5. The first-order valence-electron chi connectivity index (χ1n) is 9.51. The molecule has 0 bridgehead atoms. The third kappa shape index (κ3) is 4.55. The molecule has 1 heterocycles. The summed E-state index contributed by atoms with van der Waals surface area (Å²) in [6.45, 7) is 0.198. The number of ether oxygens (including phenoxy) is 4. The SMILES string of the molecule is COC(=O)c1cc(OC)ccc1NC(=O)C1CC(=O)N(c2ccc(OC)c(OC)c2)C1. The molecule has 0 aromatic heterocycles. The number of anilines is 2. The molecule has 0 aliphatic carbocycles. The number of rotatable bonds is 7. The molecule has 1 saturated heterocycles. The van der Waals surface area contributed by atoms with Gasteiger partial charge in [0.1, 0.15) is 5.75 Å². The minimum Gasteiger partial charge on any atom is -0.497 e. The molecule has 1 aliphatic heterocycles. The van der Waals surface area contributed by atoms with E-state index in [-0.39, 0.29) is 36.0 Å². The molecule has 2 aromatic carbocycles. The number of benzene rings is 2. The molecular weight excluding hydrogens is 404 g/mol. The number of amides is 2. The molecule has 1 fully saturated rings. The van der Waals surface area contributed by atoms with Gasteiger partial charge in [-0.25, -0.2) is 4.79 Å². The number of carbonyl (C=O) groups excluding carboxylic acids is 3. The second-order valence-electron chi connectivity index (χ2n) is 6.84. The number of hydrogen-bond acceptors (Lipinski definition) is 7. The first-order valence-corrected chi connectivity index (χ1v) is 9.51. The van der Waals surface area contributed by atoms with Crippen LogP contribution in [0.4, 0.5) is 11.4 Å². The van der Waals surface area contributed by atoms with Gasteiger partial charge in [0.05, 0.1) is 45.6 Å². The molecule has 9 nitrogen and oxygen atoms in total. The van der Waals surface area contributed by atoms with E-state index in [4.69, 9.17) is 18.9 Å². The summed E-state index contributed by atoms with van der Waals surface area (Å²) in [7, 11) is 5.77. The van der Waals surface area contributed by atoms with Gasteiger partial charge < -0.3 is 29.2 Å². The van der Waals surface area contributed by atoms with Crippen molar-refractivity contribution in [1.82, 2.24) is 0 Å². The lowest BCUT2D eigenvalue weighted by molar-refractivity contribution is -0.122. The van der Waals surface area contributed by atoms with Gasteiger partial charge in [-0.3, -0.25) is 9.59 Å². The van der Waals surface area contributed by atoms with Crippen molar-refractivity contribution in [3.63, 3.8) is 0 Å². The largest absolute Gasteiger partial charge is 0.497 e. The predicted molar refractivity (Wildman–Crippen MR) is 113 cm³/mol. The number of nitrogens with zero attached hydrogens (tertiary/aromatic N) is 1. The van der Waals surface area contributed by atoms with Crippen molar-refractivity contribution in [2.45, 2.75) is 6.42 Å². The van der Waals surface area contributed by atoms with Gasteiger partial charge in [0.2, 0.25) is 11.8 Å². The molecule has 3 rings (SSSR count). The van der Waals surface area contributed by atoms with Gasteiger partial charge in [0.15, 0.2) is 11.5 Å². The van der Waals surface area contributed by atoms with Crippen LogP contribution in [0.1, 0.15) is 16.8 Å². The Bertz CT molecular complexity index is 1010. The van der Waals surface area contributed by atoms with Crippen LogP contribution in [0.5, 0.6) is 17.2 Å². The molecule has 1 aliphatic rings. The van der Waals surface area contributed by atoms with Crippen LogP contribution in [0.2, 0.25) is 0 Å². The zero-order valence-corrected chi connectivity index (χ0v) is 17.8. The summed E-state index contributed by atoms with van der Waals surface area (Å²) in [6.07, 6.45) is 0.0455. The molecule has 1 unspecified atom stereocenters. The van der Waals surface area contributed by atoms with E-state index in [1.165, 1.54) is 39.4 Å². The Morgan fingerprint density at radius 2 is 1.71 bits per heavy atom. The highest BCUT2D eigenvalue weighted by Crippen LogP contribution is 2.34. The van der Waals surface area contributed by atoms with Gasteiger partial charge in [0, 0.05) is 24.7 Å². The van der Waals surface area contributed by atoms with Crippen LogP contribution >= 0.6 is 0 Å². The summed E-state index contributed by atoms with van der Waals surface area (Å²) in [6, 6.07) is 9.80. The average Bonchev–Trinajstić information content (AvgIpc) is 3.19. The summed E-state index contributed by atoms with van der Waals surface area (Å²) in [4.78, 5) is 39.1. The van der Waals surface area contributed by atoms with E-state index >= 15 is 0 Å². The van der Waals surface area contributed by atoms with E-state index in [2.05, 4.69) is 5.32 Å². The van der Waals surface area contributed by atoms with Crippen LogP contribution in [-0.2, 0) is 14.3 Å². The fourth-order valence-electron chi connectivity index (χ4n) is 3.40. The number of carbonyl (C=O) groups is 3. The second-order valence-corrected chi connectivity index (χ2v) is 6.84. The first kappa shape index (κ1) is 21.9.